The predicted molar refractivity (Wildman–Crippen MR) is 80.8 cm³/mol. The normalized spacial score (nSPS) is 11.3. The van der Waals surface area contributed by atoms with Crippen molar-refractivity contribution < 1.29 is 12.6 Å². The van der Waals surface area contributed by atoms with E-state index in [0.29, 0.717) is 10.2 Å². The van der Waals surface area contributed by atoms with Crippen molar-refractivity contribution in [1.82, 2.24) is 0 Å². The van der Waals surface area contributed by atoms with E-state index in [1.807, 2.05) is 6.07 Å². The maximum atomic E-state index is 12.2. The van der Waals surface area contributed by atoms with Crippen molar-refractivity contribution in [3.05, 3.63) is 57.0 Å². The minimum Gasteiger partial charge on any atom is -0.379 e. The van der Waals surface area contributed by atoms with Gasteiger partial charge in [0.25, 0.3) is 0 Å². The molecule has 0 aromatic heterocycles. The second-order valence-electron chi connectivity index (χ2n) is 3.88. The van der Waals surface area contributed by atoms with Gasteiger partial charge >= 0.3 is 10.1 Å². The second-order valence-corrected chi connectivity index (χ2v) is 7.16. The van der Waals surface area contributed by atoms with Crippen LogP contribution >= 0.6 is 31.9 Å². The molecule has 3 nitrogen and oxygen atoms in total. The van der Waals surface area contributed by atoms with Gasteiger partial charge in [-0.05, 0) is 52.7 Å². The van der Waals surface area contributed by atoms with Crippen LogP contribution in [0.15, 0.2) is 56.3 Å². The zero-order valence-electron chi connectivity index (χ0n) is 9.93. The fraction of sp³-hybridized carbons (Fsp3) is 0.0769. The van der Waals surface area contributed by atoms with Crippen molar-refractivity contribution in [1.29, 1.82) is 0 Å². The SMILES string of the molecule is Cc1ccccc1OS(=O)(=O)c1ccc(Br)cc1Br. The maximum Gasteiger partial charge on any atom is 0.340 e. The fourth-order valence-corrected chi connectivity index (χ4v) is 4.18. The largest absolute Gasteiger partial charge is 0.379 e. The van der Waals surface area contributed by atoms with Crippen molar-refractivity contribution >= 4 is 42.0 Å². The molecule has 0 amide bonds. The first-order valence-corrected chi connectivity index (χ1v) is 8.35. The number of hydrogen-bond donors (Lipinski definition) is 0. The van der Waals surface area contributed by atoms with Gasteiger partial charge in [0.1, 0.15) is 10.6 Å². The second kappa shape index (κ2) is 5.64. The van der Waals surface area contributed by atoms with Gasteiger partial charge in [0.2, 0.25) is 0 Å². The first-order valence-electron chi connectivity index (χ1n) is 5.35. The first-order chi connectivity index (χ1) is 8.90. The highest BCUT2D eigenvalue weighted by Crippen LogP contribution is 2.29. The summed E-state index contributed by atoms with van der Waals surface area (Å²) in [5.41, 5.74) is 0.763. The molecule has 2 aromatic rings. The van der Waals surface area contributed by atoms with Crippen LogP contribution in [0.5, 0.6) is 5.75 Å². The molecule has 0 aliphatic heterocycles. The van der Waals surface area contributed by atoms with Gasteiger partial charge in [0.05, 0.1) is 0 Å². The minimum atomic E-state index is -3.85. The monoisotopic (exact) mass is 404 g/mol. The number of aryl methyl sites for hydroxylation is 1. The Bertz CT molecular complexity index is 712. The van der Waals surface area contributed by atoms with Crippen LogP contribution in [-0.2, 0) is 10.1 Å². The van der Waals surface area contributed by atoms with Gasteiger partial charge in [0.15, 0.2) is 0 Å². The number of benzene rings is 2. The molecular weight excluding hydrogens is 396 g/mol. The van der Waals surface area contributed by atoms with E-state index in [4.69, 9.17) is 4.18 Å². The summed E-state index contributed by atoms with van der Waals surface area (Å²) in [5, 5.41) is 0. The van der Waals surface area contributed by atoms with Crippen LogP contribution in [0.1, 0.15) is 5.56 Å². The zero-order valence-corrected chi connectivity index (χ0v) is 13.9. The van der Waals surface area contributed by atoms with Crippen LogP contribution in [0, 0.1) is 6.92 Å². The van der Waals surface area contributed by atoms with Gasteiger partial charge in [0, 0.05) is 8.95 Å². The molecule has 0 radical (unpaired) electrons. The molecule has 0 heterocycles. The average molecular weight is 406 g/mol. The summed E-state index contributed by atoms with van der Waals surface area (Å²) in [6.45, 7) is 1.79. The van der Waals surface area contributed by atoms with Crippen LogP contribution < -0.4 is 4.18 Å². The van der Waals surface area contributed by atoms with Gasteiger partial charge < -0.3 is 4.18 Å². The molecule has 0 atom stereocenters. The number of para-hydroxylation sites is 1. The number of hydrogen-bond acceptors (Lipinski definition) is 3. The highest BCUT2D eigenvalue weighted by Gasteiger charge is 2.20. The molecule has 0 saturated heterocycles. The van der Waals surface area contributed by atoms with Crippen molar-refractivity contribution in [3.63, 3.8) is 0 Å². The van der Waals surface area contributed by atoms with E-state index in [9.17, 15) is 8.42 Å². The zero-order chi connectivity index (χ0) is 14.0. The van der Waals surface area contributed by atoms with Crippen LogP contribution in [0.2, 0.25) is 0 Å². The molecule has 0 N–H and O–H groups in total. The maximum absolute atomic E-state index is 12.2. The van der Waals surface area contributed by atoms with E-state index in [2.05, 4.69) is 31.9 Å². The molecule has 0 saturated carbocycles. The molecule has 0 fully saturated rings. The molecule has 6 heteroatoms. The van der Waals surface area contributed by atoms with Crippen molar-refractivity contribution in [2.45, 2.75) is 11.8 Å². The summed E-state index contributed by atoms with van der Waals surface area (Å²) in [6, 6.07) is 11.8. The number of rotatable bonds is 3. The van der Waals surface area contributed by atoms with Gasteiger partial charge in [-0.25, -0.2) is 0 Å². The van der Waals surface area contributed by atoms with Crippen LogP contribution in [0.25, 0.3) is 0 Å². The summed E-state index contributed by atoms with van der Waals surface area (Å²) in [5.74, 6) is 0.331. The van der Waals surface area contributed by atoms with E-state index < -0.39 is 10.1 Å². The predicted octanol–water partition coefficient (Wildman–Crippen LogP) is 4.29. The lowest BCUT2D eigenvalue weighted by molar-refractivity contribution is 0.483. The Hall–Kier alpha value is -0.850. The van der Waals surface area contributed by atoms with E-state index in [-0.39, 0.29) is 4.90 Å². The summed E-state index contributed by atoms with van der Waals surface area (Å²) >= 11 is 6.50. The molecule has 0 aliphatic carbocycles. The van der Waals surface area contributed by atoms with E-state index in [1.165, 1.54) is 6.07 Å². The quantitative estimate of drug-likeness (QED) is 0.715. The Kier molecular flexibility index (Phi) is 4.32. The Morgan fingerprint density at radius 2 is 1.74 bits per heavy atom. The van der Waals surface area contributed by atoms with E-state index in [1.54, 1.807) is 37.3 Å². The van der Waals surface area contributed by atoms with Gasteiger partial charge in [-0.1, -0.05) is 34.1 Å². The first kappa shape index (κ1) is 14.6. The lowest BCUT2D eigenvalue weighted by Gasteiger charge is -2.10. The Labute approximate surface area is 129 Å². The Balaban J connectivity index is 2.41. The topological polar surface area (TPSA) is 43.4 Å². The standard InChI is InChI=1S/C13H10Br2O3S/c1-9-4-2-3-5-12(9)18-19(16,17)13-7-6-10(14)8-11(13)15/h2-8H,1H3. The van der Waals surface area contributed by atoms with E-state index >= 15 is 0 Å². The third-order valence-corrected chi connectivity index (χ3v) is 5.16. The fourth-order valence-electron chi connectivity index (χ4n) is 1.49. The molecule has 2 rings (SSSR count). The van der Waals surface area contributed by atoms with Crippen molar-refractivity contribution in [2.24, 2.45) is 0 Å². The van der Waals surface area contributed by atoms with Crippen LogP contribution in [0.3, 0.4) is 0 Å². The van der Waals surface area contributed by atoms with E-state index in [0.717, 1.165) is 10.0 Å². The Morgan fingerprint density at radius 1 is 1.05 bits per heavy atom. The molecule has 0 unspecified atom stereocenters. The molecular formula is C13H10Br2O3S. The summed E-state index contributed by atoms with van der Waals surface area (Å²) < 4.78 is 30.8. The molecule has 19 heavy (non-hydrogen) atoms. The lowest BCUT2D eigenvalue weighted by Crippen LogP contribution is -2.11. The van der Waals surface area contributed by atoms with Gasteiger partial charge in [-0.15, -0.1) is 0 Å². The van der Waals surface area contributed by atoms with Crippen molar-refractivity contribution in [2.75, 3.05) is 0 Å². The minimum absolute atomic E-state index is 0.0963. The molecule has 0 aliphatic rings. The highest BCUT2D eigenvalue weighted by atomic mass is 79.9. The Morgan fingerprint density at radius 3 is 2.37 bits per heavy atom. The molecule has 0 spiro atoms. The molecule has 2 aromatic carbocycles. The third-order valence-electron chi connectivity index (χ3n) is 2.46. The van der Waals surface area contributed by atoms with Crippen LogP contribution in [0.4, 0.5) is 0 Å². The smallest absolute Gasteiger partial charge is 0.340 e. The molecule has 0 bridgehead atoms. The number of halogens is 2. The van der Waals surface area contributed by atoms with Gasteiger partial charge in [-0.2, -0.15) is 8.42 Å². The summed E-state index contributed by atoms with van der Waals surface area (Å²) in [7, 11) is -3.85. The summed E-state index contributed by atoms with van der Waals surface area (Å²) in [6.07, 6.45) is 0. The lowest BCUT2D eigenvalue weighted by atomic mass is 10.2. The van der Waals surface area contributed by atoms with Crippen molar-refractivity contribution in [3.8, 4) is 5.75 Å². The average Bonchev–Trinajstić information content (AvgIpc) is 2.31. The molecule has 100 valence electrons. The van der Waals surface area contributed by atoms with Crippen LogP contribution in [-0.4, -0.2) is 8.42 Å². The highest BCUT2D eigenvalue weighted by molar-refractivity contribution is 9.11. The summed E-state index contributed by atoms with van der Waals surface area (Å²) in [4.78, 5) is 0.0963. The van der Waals surface area contributed by atoms with Gasteiger partial charge in [-0.3, -0.25) is 0 Å². The third kappa shape index (κ3) is 3.38.